The third-order valence-corrected chi connectivity index (χ3v) is 3.47. The smallest absolute Gasteiger partial charge is 0.251 e. The second kappa shape index (κ2) is 5.30. The fourth-order valence-electron chi connectivity index (χ4n) is 1.46. The Hall–Kier alpha value is -1.40. The first-order chi connectivity index (χ1) is 8.50. The van der Waals surface area contributed by atoms with Crippen molar-refractivity contribution in [1.29, 1.82) is 0 Å². The number of carbonyl (C=O) groups is 1. The summed E-state index contributed by atoms with van der Waals surface area (Å²) in [6.45, 7) is 8.26. The molecule has 0 aliphatic carbocycles. The summed E-state index contributed by atoms with van der Waals surface area (Å²) in [5.74, 6) is -0.294. The van der Waals surface area contributed by atoms with E-state index < -0.39 is 10.0 Å². The van der Waals surface area contributed by atoms with E-state index in [4.69, 9.17) is 5.14 Å². The van der Waals surface area contributed by atoms with Crippen LogP contribution in [0.1, 0.15) is 36.7 Å². The highest BCUT2D eigenvalue weighted by atomic mass is 32.2. The van der Waals surface area contributed by atoms with Crippen LogP contribution in [0.15, 0.2) is 23.1 Å². The molecule has 1 aromatic carbocycles. The number of carbonyl (C=O) groups excluding carboxylic acids is 1. The molecular weight excluding hydrogens is 264 g/mol. The molecule has 0 saturated heterocycles. The molecule has 1 amide bonds. The summed E-state index contributed by atoms with van der Waals surface area (Å²) in [5.41, 5.74) is 0.996. The van der Waals surface area contributed by atoms with Gasteiger partial charge in [0.2, 0.25) is 10.0 Å². The van der Waals surface area contributed by atoms with Crippen LogP contribution in [0.4, 0.5) is 0 Å². The molecule has 106 valence electrons. The number of sulfonamides is 1. The second-order valence-corrected chi connectivity index (χ2v) is 7.33. The van der Waals surface area contributed by atoms with Crippen LogP contribution < -0.4 is 10.5 Å². The second-order valence-electron chi connectivity index (χ2n) is 5.77. The SMILES string of the molecule is Cc1ccc(S(N)(=O)=O)cc1C(=O)NCC(C)(C)C. The summed E-state index contributed by atoms with van der Waals surface area (Å²) in [5, 5.41) is 7.84. The van der Waals surface area contributed by atoms with Crippen molar-refractivity contribution >= 4 is 15.9 Å². The summed E-state index contributed by atoms with van der Waals surface area (Å²) in [6, 6.07) is 4.28. The van der Waals surface area contributed by atoms with Gasteiger partial charge in [0, 0.05) is 12.1 Å². The minimum absolute atomic E-state index is 0.0406. The monoisotopic (exact) mass is 284 g/mol. The van der Waals surface area contributed by atoms with Crippen LogP contribution in [0.5, 0.6) is 0 Å². The van der Waals surface area contributed by atoms with Gasteiger partial charge in [-0.3, -0.25) is 4.79 Å². The van der Waals surface area contributed by atoms with Gasteiger partial charge in [0.15, 0.2) is 0 Å². The molecule has 0 heterocycles. The van der Waals surface area contributed by atoms with Crippen LogP contribution in [-0.2, 0) is 10.0 Å². The summed E-state index contributed by atoms with van der Waals surface area (Å²) in [6.07, 6.45) is 0. The lowest BCUT2D eigenvalue weighted by Gasteiger charge is -2.19. The maximum atomic E-state index is 12.0. The fraction of sp³-hybridized carbons (Fsp3) is 0.462. The first-order valence-corrected chi connectivity index (χ1v) is 7.47. The molecule has 0 aromatic heterocycles. The molecule has 0 atom stereocenters. The number of hydrogen-bond acceptors (Lipinski definition) is 3. The molecule has 0 fully saturated rings. The zero-order valence-corrected chi connectivity index (χ0v) is 12.5. The minimum atomic E-state index is -3.80. The van der Waals surface area contributed by atoms with Crippen LogP contribution in [0.25, 0.3) is 0 Å². The molecule has 19 heavy (non-hydrogen) atoms. The molecular formula is C13H20N2O3S. The van der Waals surface area contributed by atoms with E-state index in [1.807, 2.05) is 20.8 Å². The molecule has 1 rings (SSSR count). The molecule has 6 heteroatoms. The Kier molecular flexibility index (Phi) is 4.37. The largest absolute Gasteiger partial charge is 0.352 e. The van der Waals surface area contributed by atoms with Crippen molar-refractivity contribution in [2.24, 2.45) is 10.6 Å². The number of amides is 1. The minimum Gasteiger partial charge on any atom is -0.352 e. The Morgan fingerprint density at radius 2 is 1.89 bits per heavy atom. The number of aryl methyl sites for hydroxylation is 1. The topological polar surface area (TPSA) is 89.3 Å². The van der Waals surface area contributed by atoms with Crippen molar-refractivity contribution in [3.8, 4) is 0 Å². The van der Waals surface area contributed by atoms with Crippen molar-refractivity contribution in [1.82, 2.24) is 5.32 Å². The van der Waals surface area contributed by atoms with E-state index in [1.165, 1.54) is 12.1 Å². The molecule has 0 spiro atoms. The van der Waals surface area contributed by atoms with Crippen LogP contribution in [-0.4, -0.2) is 20.9 Å². The first kappa shape index (κ1) is 15.7. The van der Waals surface area contributed by atoms with Gasteiger partial charge in [-0.2, -0.15) is 0 Å². The predicted molar refractivity (Wildman–Crippen MR) is 74.3 cm³/mol. The van der Waals surface area contributed by atoms with Crippen molar-refractivity contribution in [2.45, 2.75) is 32.6 Å². The molecule has 3 N–H and O–H groups in total. The Morgan fingerprint density at radius 3 is 2.37 bits per heavy atom. The van der Waals surface area contributed by atoms with Gasteiger partial charge in [0.25, 0.3) is 5.91 Å². The van der Waals surface area contributed by atoms with Crippen molar-refractivity contribution in [3.05, 3.63) is 29.3 Å². The number of nitrogens with one attached hydrogen (secondary N) is 1. The zero-order chi connectivity index (χ0) is 14.8. The Labute approximate surface area is 114 Å². The molecule has 5 nitrogen and oxygen atoms in total. The molecule has 1 aromatic rings. The van der Waals surface area contributed by atoms with Gasteiger partial charge < -0.3 is 5.32 Å². The Balaban J connectivity index is 3.03. The van der Waals surface area contributed by atoms with Crippen LogP contribution in [0.2, 0.25) is 0 Å². The number of rotatable bonds is 3. The lowest BCUT2D eigenvalue weighted by molar-refractivity contribution is 0.0938. The maximum Gasteiger partial charge on any atom is 0.251 e. The van der Waals surface area contributed by atoms with Gasteiger partial charge in [-0.1, -0.05) is 26.8 Å². The van der Waals surface area contributed by atoms with E-state index >= 15 is 0 Å². The molecule has 0 radical (unpaired) electrons. The summed E-state index contributed by atoms with van der Waals surface area (Å²) in [7, 11) is -3.80. The average molecular weight is 284 g/mol. The van der Waals surface area contributed by atoms with Crippen molar-refractivity contribution in [3.63, 3.8) is 0 Å². The lowest BCUT2D eigenvalue weighted by atomic mass is 9.96. The normalized spacial score (nSPS) is 12.3. The van der Waals surface area contributed by atoms with Gasteiger partial charge in [0.05, 0.1) is 4.90 Å². The van der Waals surface area contributed by atoms with E-state index in [0.717, 1.165) is 0 Å². The Morgan fingerprint density at radius 1 is 1.32 bits per heavy atom. The van der Waals surface area contributed by atoms with E-state index in [9.17, 15) is 13.2 Å². The molecule has 0 aliphatic heterocycles. The molecule has 0 unspecified atom stereocenters. The van der Waals surface area contributed by atoms with Gasteiger partial charge in [-0.25, -0.2) is 13.6 Å². The predicted octanol–water partition coefficient (Wildman–Crippen LogP) is 1.42. The Bertz CT molecular complexity index is 586. The third-order valence-electron chi connectivity index (χ3n) is 2.56. The standard InChI is InChI=1S/C13H20N2O3S/c1-9-5-6-10(19(14,17)18)7-11(9)12(16)15-8-13(2,3)4/h5-7H,8H2,1-4H3,(H,15,16)(H2,14,17,18). The highest BCUT2D eigenvalue weighted by molar-refractivity contribution is 7.89. The highest BCUT2D eigenvalue weighted by Crippen LogP contribution is 2.16. The highest BCUT2D eigenvalue weighted by Gasteiger charge is 2.17. The quantitative estimate of drug-likeness (QED) is 0.879. The van der Waals surface area contributed by atoms with Crippen molar-refractivity contribution in [2.75, 3.05) is 6.54 Å². The van der Waals surface area contributed by atoms with Gasteiger partial charge in [0.1, 0.15) is 0 Å². The van der Waals surface area contributed by atoms with Crippen LogP contribution in [0.3, 0.4) is 0 Å². The number of primary sulfonamides is 1. The summed E-state index contributed by atoms with van der Waals surface area (Å²) in [4.78, 5) is 12.0. The van der Waals surface area contributed by atoms with E-state index in [1.54, 1.807) is 13.0 Å². The van der Waals surface area contributed by atoms with E-state index in [-0.39, 0.29) is 16.2 Å². The van der Waals surface area contributed by atoms with Gasteiger partial charge in [-0.15, -0.1) is 0 Å². The average Bonchev–Trinajstić information content (AvgIpc) is 2.24. The summed E-state index contributed by atoms with van der Waals surface area (Å²) < 4.78 is 22.6. The van der Waals surface area contributed by atoms with Crippen molar-refractivity contribution < 1.29 is 13.2 Å². The van der Waals surface area contributed by atoms with E-state index in [2.05, 4.69) is 5.32 Å². The van der Waals surface area contributed by atoms with Crippen LogP contribution >= 0.6 is 0 Å². The first-order valence-electron chi connectivity index (χ1n) is 5.92. The zero-order valence-electron chi connectivity index (χ0n) is 11.6. The molecule has 0 saturated carbocycles. The third kappa shape index (κ3) is 4.65. The maximum absolute atomic E-state index is 12.0. The lowest BCUT2D eigenvalue weighted by Crippen LogP contribution is -2.32. The van der Waals surface area contributed by atoms with Gasteiger partial charge >= 0.3 is 0 Å². The number of hydrogen-bond donors (Lipinski definition) is 2. The molecule has 0 bridgehead atoms. The molecule has 0 aliphatic rings. The van der Waals surface area contributed by atoms with Crippen LogP contribution in [0, 0.1) is 12.3 Å². The fourth-order valence-corrected chi connectivity index (χ4v) is 2.00. The summed E-state index contributed by atoms with van der Waals surface area (Å²) >= 11 is 0. The number of nitrogens with two attached hydrogens (primary N) is 1. The van der Waals surface area contributed by atoms with Gasteiger partial charge in [-0.05, 0) is 30.0 Å². The van der Waals surface area contributed by atoms with E-state index in [0.29, 0.717) is 17.7 Å². The number of benzene rings is 1.